The van der Waals surface area contributed by atoms with Crippen molar-refractivity contribution in [1.29, 1.82) is 0 Å². The topological polar surface area (TPSA) is 20.3 Å². The third-order valence-corrected chi connectivity index (χ3v) is 3.68. The summed E-state index contributed by atoms with van der Waals surface area (Å²) in [6.07, 6.45) is 0.883. The molecule has 1 unspecified atom stereocenters. The van der Waals surface area contributed by atoms with E-state index >= 15 is 0 Å². The fourth-order valence-electron chi connectivity index (χ4n) is 1.82. The number of hydrogen-bond acceptors (Lipinski definition) is 1. The predicted octanol–water partition coefficient (Wildman–Crippen LogP) is 3.43. The van der Waals surface area contributed by atoms with E-state index in [0.29, 0.717) is 0 Å². The molecule has 0 radical (unpaired) electrons. The van der Waals surface area contributed by atoms with Crippen molar-refractivity contribution in [1.82, 2.24) is 4.90 Å². The van der Waals surface area contributed by atoms with Crippen LogP contribution >= 0.6 is 0 Å². The zero-order chi connectivity index (χ0) is 13.1. The Bertz CT molecular complexity index is 370. The first-order valence-electron chi connectivity index (χ1n) is 6.24. The molecule has 0 fully saturated rings. The number of carbonyl (C=O) groups excluding carboxylic acids is 1. The van der Waals surface area contributed by atoms with E-state index in [0.717, 1.165) is 6.42 Å². The van der Waals surface area contributed by atoms with E-state index in [1.807, 2.05) is 44.0 Å². The molecule has 1 atom stereocenters. The predicted molar refractivity (Wildman–Crippen MR) is 71.7 cm³/mol. The molecule has 2 heteroatoms. The molecule has 0 saturated heterocycles. The van der Waals surface area contributed by atoms with Crippen LogP contribution in [0.2, 0.25) is 0 Å². The fourth-order valence-corrected chi connectivity index (χ4v) is 1.82. The van der Waals surface area contributed by atoms with Crippen molar-refractivity contribution in [3.8, 4) is 0 Å². The van der Waals surface area contributed by atoms with E-state index in [2.05, 4.69) is 26.0 Å². The Morgan fingerprint density at radius 1 is 1.29 bits per heavy atom. The van der Waals surface area contributed by atoms with Gasteiger partial charge in [0.2, 0.25) is 5.91 Å². The van der Waals surface area contributed by atoms with Crippen molar-refractivity contribution >= 4 is 5.91 Å². The number of nitrogens with zero attached hydrogens (tertiary/aromatic N) is 1. The molecule has 0 heterocycles. The average molecular weight is 233 g/mol. The third kappa shape index (κ3) is 2.87. The Morgan fingerprint density at radius 2 is 1.82 bits per heavy atom. The van der Waals surface area contributed by atoms with E-state index in [1.54, 1.807) is 0 Å². The number of hydrogen-bond donors (Lipinski definition) is 0. The van der Waals surface area contributed by atoms with Gasteiger partial charge in [0.25, 0.3) is 0 Å². The Balaban J connectivity index is 2.95. The molecule has 1 aromatic rings. The molecule has 0 aromatic heterocycles. The Labute approximate surface area is 105 Å². The molecule has 0 spiro atoms. The minimum absolute atomic E-state index is 0.0861. The maximum atomic E-state index is 12.2. The van der Waals surface area contributed by atoms with Crippen molar-refractivity contribution in [2.75, 3.05) is 7.05 Å². The van der Waals surface area contributed by atoms with E-state index in [1.165, 1.54) is 5.56 Å². The van der Waals surface area contributed by atoms with Gasteiger partial charge in [-0.15, -0.1) is 0 Å². The van der Waals surface area contributed by atoms with Gasteiger partial charge in [0, 0.05) is 13.0 Å². The van der Waals surface area contributed by atoms with Crippen LogP contribution in [-0.4, -0.2) is 17.9 Å². The standard InChI is InChI=1S/C15H23NO/c1-6-12(2)14(17)16(5)15(3,4)13-10-8-7-9-11-13/h7-12H,6H2,1-5H3. The zero-order valence-corrected chi connectivity index (χ0v) is 11.5. The fraction of sp³-hybridized carbons (Fsp3) is 0.533. The highest BCUT2D eigenvalue weighted by molar-refractivity contribution is 5.79. The molecule has 0 aliphatic heterocycles. The van der Waals surface area contributed by atoms with Crippen molar-refractivity contribution < 1.29 is 4.79 Å². The second kappa shape index (κ2) is 5.35. The molecule has 94 valence electrons. The van der Waals surface area contributed by atoms with Gasteiger partial charge < -0.3 is 4.90 Å². The molecular formula is C15H23NO. The lowest BCUT2D eigenvalue weighted by Crippen LogP contribution is -2.44. The lowest BCUT2D eigenvalue weighted by atomic mass is 9.91. The Hall–Kier alpha value is -1.31. The smallest absolute Gasteiger partial charge is 0.225 e. The maximum absolute atomic E-state index is 12.2. The molecule has 0 N–H and O–H groups in total. The summed E-state index contributed by atoms with van der Waals surface area (Å²) in [6, 6.07) is 10.2. The normalized spacial score (nSPS) is 13.2. The van der Waals surface area contributed by atoms with Crippen LogP contribution in [0.4, 0.5) is 0 Å². The second-order valence-corrected chi connectivity index (χ2v) is 5.13. The third-order valence-electron chi connectivity index (χ3n) is 3.68. The lowest BCUT2D eigenvalue weighted by Gasteiger charge is -2.37. The first kappa shape index (κ1) is 13.8. The monoisotopic (exact) mass is 233 g/mol. The van der Waals surface area contributed by atoms with Gasteiger partial charge in [0.15, 0.2) is 0 Å². The van der Waals surface area contributed by atoms with Crippen LogP contribution in [0.3, 0.4) is 0 Å². The van der Waals surface area contributed by atoms with E-state index in [9.17, 15) is 4.79 Å². The van der Waals surface area contributed by atoms with Crippen LogP contribution in [0.15, 0.2) is 30.3 Å². The van der Waals surface area contributed by atoms with Crippen molar-refractivity contribution in [2.45, 2.75) is 39.7 Å². The molecular weight excluding hydrogens is 210 g/mol. The van der Waals surface area contributed by atoms with Crippen molar-refractivity contribution in [2.24, 2.45) is 5.92 Å². The summed E-state index contributed by atoms with van der Waals surface area (Å²) in [5.41, 5.74) is 0.904. The summed E-state index contributed by atoms with van der Waals surface area (Å²) in [5.74, 6) is 0.296. The SMILES string of the molecule is CCC(C)C(=O)N(C)C(C)(C)c1ccccc1. The average Bonchev–Trinajstić information content (AvgIpc) is 2.37. The first-order valence-corrected chi connectivity index (χ1v) is 6.24. The van der Waals surface area contributed by atoms with Gasteiger partial charge in [0.05, 0.1) is 5.54 Å². The molecule has 1 amide bonds. The minimum Gasteiger partial charge on any atom is -0.336 e. The Kier molecular flexibility index (Phi) is 4.33. The van der Waals surface area contributed by atoms with Gasteiger partial charge >= 0.3 is 0 Å². The number of carbonyl (C=O) groups is 1. The van der Waals surface area contributed by atoms with Gasteiger partial charge in [-0.2, -0.15) is 0 Å². The molecule has 0 aliphatic carbocycles. The Morgan fingerprint density at radius 3 is 2.29 bits per heavy atom. The summed E-state index contributed by atoms with van der Waals surface area (Å²) in [6.45, 7) is 8.21. The molecule has 2 nitrogen and oxygen atoms in total. The van der Waals surface area contributed by atoms with Crippen LogP contribution in [0.25, 0.3) is 0 Å². The van der Waals surface area contributed by atoms with Gasteiger partial charge in [-0.1, -0.05) is 44.2 Å². The molecule has 17 heavy (non-hydrogen) atoms. The summed E-state index contributed by atoms with van der Waals surface area (Å²) < 4.78 is 0. The van der Waals surface area contributed by atoms with Crippen molar-refractivity contribution in [3.05, 3.63) is 35.9 Å². The quantitative estimate of drug-likeness (QED) is 0.780. The van der Waals surface area contributed by atoms with Gasteiger partial charge in [-0.25, -0.2) is 0 Å². The van der Waals surface area contributed by atoms with E-state index < -0.39 is 0 Å². The minimum atomic E-state index is -0.262. The first-order chi connectivity index (χ1) is 7.91. The number of amides is 1. The zero-order valence-electron chi connectivity index (χ0n) is 11.5. The maximum Gasteiger partial charge on any atom is 0.225 e. The highest BCUT2D eigenvalue weighted by atomic mass is 16.2. The highest BCUT2D eigenvalue weighted by Gasteiger charge is 2.30. The van der Waals surface area contributed by atoms with Crippen LogP contribution in [0, 0.1) is 5.92 Å². The second-order valence-electron chi connectivity index (χ2n) is 5.13. The van der Waals surface area contributed by atoms with Gasteiger partial charge in [-0.05, 0) is 25.8 Å². The van der Waals surface area contributed by atoms with Crippen molar-refractivity contribution in [3.63, 3.8) is 0 Å². The number of rotatable bonds is 4. The summed E-state index contributed by atoms with van der Waals surface area (Å²) in [4.78, 5) is 14.1. The van der Waals surface area contributed by atoms with E-state index in [-0.39, 0.29) is 17.4 Å². The number of benzene rings is 1. The van der Waals surface area contributed by atoms with Crippen LogP contribution in [-0.2, 0) is 10.3 Å². The largest absolute Gasteiger partial charge is 0.336 e. The summed E-state index contributed by atoms with van der Waals surface area (Å²) in [7, 11) is 1.89. The van der Waals surface area contributed by atoms with Gasteiger partial charge in [-0.3, -0.25) is 4.79 Å². The van der Waals surface area contributed by atoms with Crippen LogP contribution in [0.5, 0.6) is 0 Å². The lowest BCUT2D eigenvalue weighted by molar-refractivity contribution is -0.138. The molecule has 1 aromatic carbocycles. The highest BCUT2D eigenvalue weighted by Crippen LogP contribution is 2.27. The summed E-state index contributed by atoms with van der Waals surface area (Å²) >= 11 is 0. The molecule has 0 aliphatic rings. The van der Waals surface area contributed by atoms with Crippen LogP contribution < -0.4 is 0 Å². The van der Waals surface area contributed by atoms with Gasteiger partial charge in [0.1, 0.15) is 0 Å². The summed E-state index contributed by atoms with van der Waals surface area (Å²) in [5, 5.41) is 0. The molecule has 0 saturated carbocycles. The van der Waals surface area contributed by atoms with E-state index in [4.69, 9.17) is 0 Å². The molecule has 0 bridgehead atoms. The molecule has 1 rings (SSSR count). The van der Waals surface area contributed by atoms with Crippen LogP contribution in [0.1, 0.15) is 39.7 Å².